The fourth-order valence-corrected chi connectivity index (χ4v) is 3.75. The normalized spacial score (nSPS) is 21.8. The highest BCUT2D eigenvalue weighted by Gasteiger charge is 2.21. The molecule has 0 radical (unpaired) electrons. The third-order valence-electron chi connectivity index (χ3n) is 4.89. The van der Waals surface area contributed by atoms with Crippen molar-refractivity contribution in [3.8, 4) is 0 Å². The van der Waals surface area contributed by atoms with Crippen LogP contribution in [0, 0.1) is 5.92 Å². The van der Waals surface area contributed by atoms with Gasteiger partial charge in [-0.1, -0.05) is 37.5 Å². The number of benzene rings is 1. The zero-order chi connectivity index (χ0) is 12.4. The zero-order valence-corrected chi connectivity index (χ0v) is 11.3. The Morgan fingerprint density at radius 2 is 1.78 bits per heavy atom. The molecular formula is C17H25N. The van der Waals surface area contributed by atoms with Gasteiger partial charge in [-0.2, -0.15) is 0 Å². The summed E-state index contributed by atoms with van der Waals surface area (Å²) in [4.78, 5) is 0. The molecule has 1 saturated carbocycles. The Labute approximate surface area is 111 Å². The Kier molecular flexibility index (Phi) is 3.69. The fraction of sp³-hybridized carbons (Fsp3) is 0.647. The van der Waals surface area contributed by atoms with Crippen molar-refractivity contribution in [1.29, 1.82) is 0 Å². The molecule has 0 aliphatic heterocycles. The number of aryl methyl sites for hydroxylation is 2. The van der Waals surface area contributed by atoms with Crippen molar-refractivity contribution < 1.29 is 0 Å². The van der Waals surface area contributed by atoms with E-state index in [1.165, 1.54) is 56.9 Å². The number of hydrogen-bond donors (Lipinski definition) is 1. The molecule has 1 fully saturated rings. The quantitative estimate of drug-likeness (QED) is 0.862. The van der Waals surface area contributed by atoms with Gasteiger partial charge in [-0.3, -0.25) is 0 Å². The average Bonchev–Trinajstić information content (AvgIpc) is 2.87. The van der Waals surface area contributed by atoms with Crippen LogP contribution >= 0.6 is 0 Å². The van der Waals surface area contributed by atoms with E-state index >= 15 is 0 Å². The lowest BCUT2D eigenvalue weighted by atomic mass is 9.82. The molecule has 1 nitrogen and oxygen atoms in total. The highest BCUT2D eigenvalue weighted by Crippen LogP contribution is 2.28. The van der Waals surface area contributed by atoms with Gasteiger partial charge in [0, 0.05) is 6.04 Å². The monoisotopic (exact) mass is 243 g/mol. The second-order valence-corrected chi connectivity index (χ2v) is 6.22. The summed E-state index contributed by atoms with van der Waals surface area (Å²) in [7, 11) is 0. The summed E-state index contributed by atoms with van der Waals surface area (Å²) < 4.78 is 0. The van der Waals surface area contributed by atoms with Crippen LogP contribution in [-0.2, 0) is 19.3 Å². The molecule has 0 spiro atoms. The van der Waals surface area contributed by atoms with Crippen molar-refractivity contribution in [2.75, 3.05) is 0 Å². The summed E-state index contributed by atoms with van der Waals surface area (Å²) >= 11 is 0. The van der Waals surface area contributed by atoms with Crippen molar-refractivity contribution in [3.63, 3.8) is 0 Å². The van der Waals surface area contributed by atoms with Crippen LogP contribution in [0.15, 0.2) is 18.2 Å². The first-order valence-corrected chi connectivity index (χ1v) is 7.69. The third kappa shape index (κ3) is 2.61. The SMILES string of the molecule is NC(Cc1ccc2c(c1)CCC2)C1CCCCC1. The van der Waals surface area contributed by atoms with Gasteiger partial charge in [0.05, 0.1) is 0 Å². The molecule has 0 aromatic heterocycles. The van der Waals surface area contributed by atoms with Gasteiger partial charge in [0.2, 0.25) is 0 Å². The summed E-state index contributed by atoms with van der Waals surface area (Å²) in [6.45, 7) is 0. The molecule has 1 aromatic rings. The lowest BCUT2D eigenvalue weighted by Gasteiger charge is -2.27. The van der Waals surface area contributed by atoms with Gasteiger partial charge < -0.3 is 5.73 Å². The molecule has 1 aromatic carbocycles. The van der Waals surface area contributed by atoms with Gasteiger partial charge in [-0.05, 0) is 61.1 Å². The molecule has 2 aliphatic carbocycles. The highest BCUT2D eigenvalue weighted by molar-refractivity contribution is 5.35. The second kappa shape index (κ2) is 5.44. The summed E-state index contributed by atoms with van der Waals surface area (Å²) in [5, 5.41) is 0. The van der Waals surface area contributed by atoms with Crippen LogP contribution in [0.2, 0.25) is 0 Å². The van der Waals surface area contributed by atoms with Crippen LogP contribution in [0.25, 0.3) is 0 Å². The lowest BCUT2D eigenvalue weighted by Crippen LogP contribution is -2.33. The summed E-state index contributed by atoms with van der Waals surface area (Å²) in [6.07, 6.45) is 11.9. The maximum Gasteiger partial charge on any atom is 0.0108 e. The maximum atomic E-state index is 6.43. The summed E-state index contributed by atoms with van der Waals surface area (Å²) in [5.41, 5.74) is 11.1. The van der Waals surface area contributed by atoms with E-state index < -0.39 is 0 Å². The van der Waals surface area contributed by atoms with Crippen LogP contribution in [-0.4, -0.2) is 6.04 Å². The minimum absolute atomic E-state index is 0.379. The van der Waals surface area contributed by atoms with Crippen LogP contribution in [0.4, 0.5) is 0 Å². The van der Waals surface area contributed by atoms with E-state index in [1.54, 1.807) is 11.1 Å². The van der Waals surface area contributed by atoms with E-state index in [4.69, 9.17) is 5.73 Å². The summed E-state index contributed by atoms with van der Waals surface area (Å²) in [5.74, 6) is 0.770. The minimum atomic E-state index is 0.379. The maximum absolute atomic E-state index is 6.43. The van der Waals surface area contributed by atoms with E-state index in [1.807, 2.05) is 0 Å². The molecule has 0 amide bonds. The van der Waals surface area contributed by atoms with Gasteiger partial charge >= 0.3 is 0 Å². The van der Waals surface area contributed by atoms with Crippen LogP contribution in [0.1, 0.15) is 55.2 Å². The molecule has 1 atom stereocenters. The van der Waals surface area contributed by atoms with Crippen molar-refractivity contribution in [2.45, 2.75) is 63.8 Å². The average molecular weight is 243 g/mol. The van der Waals surface area contributed by atoms with E-state index in [2.05, 4.69) is 18.2 Å². The van der Waals surface area contributed by atoms with E-state index in [0.29, 0.717) is 6.04 Å². The number of rotatable bonds is 3. The predicted molar refractivity (Wildman–Crippen MR) is 76.7 cm³/mol. The summed E-state index contributed by atoms with van der Waals surface area (Å²) in [6, 6.07) is 7.45. The third-order valence-corrected chi connectivity index (χ3v) is 4.89. The van der Waals surface area contributed by atoms with Gasteiger partial charge in [-0.15, -0.1) is 0 Å². The Morgan fingerprint density at radius 1 is 1.00 bits per heavy atom. The predicted octanol–water partition coefficient (Wildman–Crippen LogP) is 3.63. The Balaban J connectivity index is 1.64. The van der Waals surface area contributed by atoms with Crippen molar-refractivity contribution in [3.05, 3.63) is 34.9 Å². The first-order valence-electron chi connectivity index (χ1n) is 7.69. The van der Waals surface area contributed by atoms with E-state index in [9.17, 15) is 0 Å². The standard InChI is InChI=1S/C17H25N/c18-17(15-5-2-1-3-6-15)12-13-9-10-14-7-4-8-16(14)11-13/h9-11,15,17H,1-8,12,18H2. The van der Waals surface area contributed by atoms with Gasteiger partial charge in [0.15, 0.2) is 0 Å². The molecule has 0 heterocycles. The molecule has 1 heteroatoms. The molecule has 0 saturated heterocycles. The molecule has 2 N–H and O–H groups in total. The van der Waals surface area contributed by atoms with Gasteiger partial charge in [-0.25, -0.2) is 0 Å². The molecule has 1 unspecified atom stereocenters. The molecule has 3 rings (SSSR count). The van der Waals surface area contributed by atoms with Crippen molar-refractivity contribution in [2.24, 2.45) is 11.7 Å². The number of fused-ring (bicyclic) bond motifs is 1. The lowest BCUT2D eigenvalue weighted by molar-refractivity contribution is 0.303. The Morgan fingerprint density at radius 3 is 2.61 bits per heavy atom. The first kappa shape index (κ1) is 12.2. The van der Waals surface area contributed by atoms with Crippen molar-refractivity contribution in [1.82, 2.24) is 0 Å². The smallest absolute Gasteiger partial charge is 0.0108 e. The molecular weight excluding hydrogens is 218 g/mol. The molecule has 18 heavy (non-hydrogen) atoms. The van der Waals surface area contributed by atoms with E-state index in [0.717, 1.165) is 12.3 Å². The fourth-order valence-electron chi connectivity index (χ4n) is 3.75. The van der Waals surface area contributed by atoms with Gasteiger partial charge in [0.1, 0.15) is 0 Å². The van der Waals surface area contributed by atoms with Gasteiger partial charge in [0.25, 0.3) is 0 Å². The molecule has 2 aliphatic rings. The number of hydrogen-bond acceptors (Lipinski definition) is 1. The highest BCUT2D eigenvalue weighted by atomic mass is 14.6. The van der Waals surface area contributed by atoms with E-state index in [-0.39, 0.29) is 0 Å². The van der Waals surface area contributed by atoms with Crippen molar-refractivity contribution >= 4 is 0 Å². The Bertz CT molecular complexity index is 404. The first-order chi connectivity index (χ1) is 8.83. The zero-order valence-electron chi connectivity index (χ0n) is 11.3. The van der Waals surface area contributed by atoms with Crippen LogP contribution in [0.3, 0.4) is 0 Å². The minimum Gasteiger partial charge on any atom is -0.327 e. The number of nitrogens with two attached hydrogens (primary N) is 1. The molecule has 98 valence electrons. The largest absolute Gasteiger partial charge is 0.327 e. The molecule has 0 bridgehead atoms. The Hall–Kier alpha value is -0.820. The van der Waals surface area contributed by atoms with Crippen LogP contribution in [0.5, 0.6) is 0 Å². The topological polar surface area (TPSA) is 26.0 Å². The second-order valence-electron chi connectivity index (χ2n) is 6.22. The van der Waals surface area contributed by atoms with Crippen LogP contribution < -0.4 is 5.73 Å².